The number of hydrogen-bond acceptors (Lipinski definition) is 4. The topological polar surface area (TPSA) is 27.7 Å². The molecular formula is C11H17O3SSi. The average molecular weight is 257 g/mol. The minimum atomic E-state index is -1.59. The first kappa shape index (κ1) is 13.7. The second-order valence-electron chi connectivity index (χ2n) is 3.03. The van der Waals surface area contributed by atoms with Crippen molar-refractivity contribution in [1.82, 2.24) is 0 Å². The van der Waals surface area contributed by atoms with Crippen molar-refractivity contribution in [1.29, 1.82) is 0 Å². The molecule has 0 unspecified atom stereocenters. The number of thiol groups is 1. The van der Waals surface area contributed by atoms with Crippen molar-refractivity contribution in [2.24, 2.45) is 0 Å². The van der Waals surface area contributed by atoms with E-state index in [0.717, 1.165) is 10.5 Å². The first-order valence-electron chi connectivity index (χ1n) is 5.30. The second-order valence-corrected chi connectivity index (χ2v) is 4.88. The highest BCUT2D eigenvalue weighted by Gasteiger charge is 2.17. The predicted molar refractivity (Wildman–Crippen MR) is 67.5 cm³/mol. The van der Waals surface area contributed by atoms with Crippen molar-refractivity contribution in [2.75, 3.05) is 13.2 Å². The smallest absolute Gasteiger partial charge is 0.371 e. The molecule has 5 heteroatoms. The van der Waals surface area contributed by atoms with Gasteiger partial charge in [-0.3, -0.25) is 0 Å². The van der Waals surface area contributed by atoms with Crippen LogP contribution in [0.3, 0.4) is 0 Å². The summed E-state index contributed by atoms with van der Waals surface area (Å²) >= 11 is 4.35. The lowest BCUT2D eigenvalue weighted by molar-refractivity contribution is 0.0955. The zero-order chi connectivity index (χ0) is 11.8. The van der Waals surface area contributed by atoms with Gasteiger partial charge in [0.2, 0.25) is 0 Å². The Labute approximate surface area is 104 Å². The Hall–Kier alpha value is -0.333. The molecule has 0 aromatic heterocycles. The van der Waals surface area contributed by atoms with Crippen LogP contribution >= 0.6 is 12.6 Å². The Kier molecular flexibility index (Phi) is 6.75. The molecule has 0 heterocycles. The number of rotatable bonds is 7. The van der Waals surface area contributed by atoms with E-state index in [1.807, 2.05) is 38.1 Å². The van der Waals surface area contributed by atoms with Crippen LogP contribution in [0.4, 0.5) is 0 Å². The lowest BCUT2D eigenvalue weighted by atomic mass is 10.2. The largest absolute Gasteiger partial charge is 0.578 e. The van der Waals surface area contributed by atoms with Crippen LogP contribution in [0.25, 0.3) is 0 Å². The van der Waals surface area contributed by atoms with E-state index in [1.165, 1.54) is 0 Å². The van der Waals surface area contributed by atoms with Crippen LogP contribution in [-0.4, -0.2) is 22.7 Å². The molecule has 1 rings (SSSR count). The van der Waals surface area contributed by atoms with E-state index in [-0.39, 0.29) is 0 Å². The van der Waals surface area contributed by atoms with Crippen molar-refractivity contribution < 1.29 is 13.3 Å². The minimum Gasteiger partial charge on any atom is -0.371 e. The monoisotopic (exact) mass is 257 g/mol. The molecule has 0 aliphatic carbocycles. The van der Waals surface area contributed by atoms with E-state index in [1.54, 1.807) is 0 Å². The van der Waals surface area contributed by atoms with Gasteiger partial charge in [-0.2, -0.15) is 0 Å². The van der Waals surface area contributed by atoms with Crippen LogP contribution in [0, 0.1) is 0 Å². The highest BCUT2D eigenvalue weighted by molar-refractivity contribution is 7.80. The van der Waals surface area contributed by atoms with Gasteiger partial charge in [0.15, 0.2) is 0 Å². The maximum Gasteiger partial charge on any atom is 0.578 e. The van der Waals surface area contributed by atoms with Crippen molar-refractivity contribution in [3.05, 3.63) is 29.8 Å². The third-order valence-electron chi connectivity index (χ3n) is 1.86. The van der Waals surface area contributed by atoms with Crippen molar-refractivity contribution in [3.8, 4) is 0 Å². The molecule has 0 saturated carbocycles. The molecule has 0 bridgehead atoms. The zero-order valence-corrected chi connectivity index (χ0v) is 11.5. The standard InChI is InChI=1S/C11H17O3SSi/c1-3-12-16(13-4-2)14-9-10-7-5-6-8-11(10)15/h5-8,15H,3-4,9H2,1-2H3. The van der Waals surface area contributed by atoms with Crippen LogP contribution in [-0.2, 0) is 19.9 Å². The molecule has 1 radical (unpaired) electrons. The molecular weight excluding hydrogens is 240 g/mol. The number of benzene rings is 1. The van der Waals surface area contributed by atoms with Gasteiger partial charge >= 0.3 is 9.53 Å². The van der Waals surface area contributed by atoms with Crippen molar-refractivity contribution >= 4 is 22.2 Å². The Bertz CT molecular complexity index is 303. The molecule has 0 aliphatic rings. The Balaban J connectivity index is 2.45. The fraction of sp³-hybridized carbons (Fsp3) is 0.455. The fourth-order valence-corrected chi connectivity index (χ4v) is 2.35. The van der Waals surface area contributed by atoms with E-state index in [2.05, 4.69) is 12.6 Å². The summed E-state index contributed by atoms with van der Waals surface area (Å²) in [7, 11) is -1.59. The van der Waals surface area contributed by atoms with E-state index < -0.39 is 9.53 Å². The molecule has 0 aliphatic heterocycles. The van der Waals surface area contributed by atoms with Gasteiger partial charge in [-0.15, -0.1) is 12.6 Å². The summed E-state index contributed by atoms with van der Waals surface area (Å²) in [5.74, 6) is 0. The minimum absolute atomic E-state index is 0.480. The molecule has 16 heavy (non-hydrogen) atoms. The summed E-state index contributed by atoms with van der Waals surface area (Å²) in [5.41, 5.74) is 1.05. The first-order valence-corrected chi connectivity index (χ1v) is 6.97. The van der Waals surface area contributed by atoms with Gasteiger partial charge in [0.05, 0.1) is 6.61 Å². The zero-order valence-electron chi connectivity index (χ0n) is 9.60. The predicted octanol–water partition coefficient (Wildman–Crippen LogP) is 2.55. The summed E-state index contributed by atoms with van der Waals surface area (Å²) < 4.78 is 16.4. The van der Waals surface area contributed by atoms with Gasteiger partial charge in [-0.1, -0.05) is 18.2 Å². The summed E-state index contributed by atoms with van der Waals surface area (Å²) in [4.78, 5) is 0.928. The third kappa shape index (κ3) is 4.67. The molecule has 89 valence electrons. The molecule has 3 nitrogen and oxygen atoms in total. The van der Waals surface area contributed by atoms with Gasteiger partial charge in [-0.25, -0.2) is 0 Å². The van der Waals surface area contributed by atoms with Gasteiger partial charge in [-0.05, 0) is 25.5 Å². The average Bonchev–Trinajstić information content (AvgIpc) is 2.28. The van der Waals surface area contributed by atoms with Crippen LogP contribution in [0.5, 0.6) is 0 Å². The lowest BCUT2D eigenvalue weighted by Gasteiger charge is -2.13. The second kappa shape index (κ2) is 7.86. The summed E-state index contributed by atoms with van der Waals surface area (Å²) in [5, 5.41) is 0. The van der Waals surface area contributed by atoms with Gasteiger partial charge in [0.1, 0.15) is 0 Å². The molecule has 0 N–H and O–H groups in total. The normalized spacial score (nSPS) is 11.0. The Morgan fingerprint density at radius 2 is 1.69 bits per heavy atom. The van der Waals surface area contributed by atoms with Gasteiger partial charge < -0.3 is 13.3 Å². The van der Waals surface area contributed by atoms with E-state index in [4.69, 9.17) is 13.3 Å². The van der Waals surface area contributed by atoms with Crippen LogP contribution in [0.1, 0.15) is 19.4 Å². The molecule has 0 spiro atoms. The quantitative estimate of drug-likeness (QED) is 0.601. The van der Waals surface area contributed by atoms with Crippen molar-refractivity contribution in [3.63, 3.8) is 0 Å². The van der Waals surface area contributed by atoms with Gasteiger partial charge in [0, 0.05) is 18.1 Å². The molecule has 1 aromatic rings. The Morgan fingerprint density at radius 1 is 1.06 bits per heavy atom. The fourth-order valence-electron chi connectivity index (χ4n) is 1.13. The molecule has 0 atom stereocenters. The van der Waals surface area contributed by atoms with Crippen LogP contribution in [0.2, 0.25) is 0 Å². The van der Waals surface area contributed by atoms with Crippen LogP contribution < -0.4 is 0 Å². The summed E-state index contributed by atoms with van der Waals surface area (Å²) in [6.45, 7) is 5.56. The third-order valence-corrected chi connectivity index (χ3v) is 3.73. The maximum absolute atomic E-state index is 5.60. The first-order chi connectivity index (χ1) is 7.77. The Morgan fingerprint density at radius 3 is 2.25 bits per heavy atom. The SMILES string of the molecule is CCO[Si](OCC)OCc1ccccc1S. The van der Waals surface area contributed by atoms with E-state index in [0.29, 0.717) is 19.8 Å². The van der Waals surface area contributed by atoms with Crippen molar-refractivity contribution in [2.45, 2.75) is 25.3 Å². The maximum atomic E-state index is 5.60. The molecule has 1 aromatic carbocycles. The van der Waals surface area contributed by atoms with Crippen LogP contribution in [0.15, 0.2) is 29.2 Å². The van der Waals surface area contributed by atoms with E-state index >= 15 is 0 Å². The highest BCUT2D eigenvalue weighted by Crippen LogP contribution is 2.14. The van der Waals surface area contributed by atoms with Gasteiger partial charge in [0.25, 0.3) is 0 Å². The van der Waals surface area contributed by atoms with E-state index in [9.17, 15) is 0 Å². The highest BCUT2D eigenvalue weighted by atomic mass is 32.1. The summed E-state index contributed by atoms with van der Waals surface area (Å²) in [6, 6.07) is 7.84. The molecule has 0 amide bonds. The lowest BCUT2D eigenvalue weighted by Crippen LogP contribution is -2.27. The molecule has 0 saturated heterocycles. The molecule has 0 fully saturated rings. The number of hydrogen-bond donors (Lipinski definition) is 1. The summed E-state index contributed by atoms with van der Waals surface area (Å²) in [6.07, 6.45) is 0.